The van der Waals surface area contributed by atoms with Gasteiger partial charge >= 0.3 is 0 Å². The Morgan fingerprint density at radius 3 is 3.06 bits per heavy atom. The molecule has 1 unspecified atom stereocenters. The van der Waals surface area contributed by atoms with Gasteiger partial charge in [-0.1, -0.05) is 0 Å². The lowest BCUT2D eigenvalue weighted by Crippen LogP contribution is -2.38. The van der Waals surface area contributed by atoms with Crippen LogP contribution in [0.3, 0.4) is 0 Å². The third-order valence-electron chi connectivity index (χ3n) is 4.23. The Hall–Kier alpha value is 0.01000. The van der Waals surface area contributed by atoms with E-state index in [0.29, 0.717) is 11.5 Å². The SMILES string of the molecule is CC1c2ccsc2CCN1CC1(CS)CC1. The van der Waals surface area contributed by atoms with Gasteiger partial charge in [0.1, 0.15) is 0 Å². The Kier molecular flexibility index (Phi) is 2.81. The van der Waals surface area contributed by atoms with Crippen molar-refractivity contribution in [1.82, 2.24) is 4.90 Å². The van der Waals surface area contributed by atoms with Gasteiger partial charge in [-0.3, -0.25) is 4.90 Å². The first-order valence-corrected chi connectivity index (χ1v) is 7.66. The van der Waals surface area contributed by atoms with Gasteiger partial charge in [-0.15, -0.1) is 11.3 Å². The fraction of sp³-hybridized carbons (Fsp3) is 0.692. The molecule has 0 spiro atoms. The van der Waals surface area contributed by atoms with E-state index in [1.54, 1.807) is 10.4 Å². The van der Waals surface area contributed by atoms with Gasteiger partial charge in [0.05, 0.1) is 0 Å². The molecule has 1 aliphatic heterocycles. The average Bonchev–Trinajstić information content (AvgIpc) is 2.90. The lowest BCUT2D eigenvalue weighted by Gasteiger charge is -2.36. The minimum atomic E-state index is 0.560. The molecule has 0 aromatic carbocycles. The molecule has 1 nitrogen and oxygen atoms in total. The smallest absolute Gasteiger partial charge is 0.0331 e. The number of rotatable bonds is 3. The van der Waals surface area contributed by atoms with E-state index < -0.39 is 0 Å². The fourth-order valence-electron chi connectivity index (χ4n) is 2.75. The number of hydrogen-bond acceptors (Lipinski definition) is 3. The molecule has 88 valence electrons. The molecule has 0 radical (unpaired) electrons. The van der Waals surface area contributed by atoms with Crippen LogP contribution in [-0.4, -0.2) is 23.7 Å². The van der Waals surface area contributed by atoms with Crippen LogP contribution in [0.2, 0.25) is 0 Å². The minimum Gasteiger partial charge on any atom is -0.296 e. The van der Waals surface area contributed by atoms with Crippen molar-refractivity contribution in [2.24, 2.45) is 5.41 Å². The highest BCUT2D eigenvalue weighted by Crippen LogP contribution is 2.48. The minimum absolute atomic E-state index is 0.560. The zero-order valence-corrected chi connectivity index (χ0v) is 11.5. The monoisotopic (exact) mass is 253 g/mol. The quantitative estimate of drug-likeness (QED) is 0.808. The third kappa shape index (κ3) is 1.83. The van der Waals surface area contributed by atoms with Gasteiger partial charge in [0.2, 0.25) is 0 Å². The van der Waals surface area contributed by atoms with E-state index >= 15 is 0 Å². The standard InChI is InChI=1S/C13H19NS2/c1-10-11-3-7-16-12(11)2-6-14(10)8-13(9-15)4-5-13/h3,7,10,15H,2,4-6,8-9H2,1H3. The largest absolute Gasteiger partial charge is 0.296 e. The molecule has 2 heterocycles. The van der Waals surface area contributed by atoms with Crippen LogP contribution >= 0.6 is 24.0 Å². The molecule has 1 fully saturated rings. The second kappa shape index (κ2) is 4.04. The Labute approximate surface area is 107 Å². The van der Waals surface area contributed by atoms with Crippen molar-refractivity contribution in [3.63, 3.8) is 0 Å². The van der Waals surface area contributed by atoms with Crippen molar-refractivity contribution in [1.29, 1.82) is 0 Å². The molecule has 0 N–H and O–H groups in total. The summed E-state index contributed by atoms with van der Waals surface area (Å²) < 4.78 is 0. The molecule has 0 saturated heterocycles. The van der Waals surface area contributed by atoms with E-state index in [4.69, 9.17) is 0 Å². The maximum Gasteiger partial charge on any atom is 0.0331 e. The van der Waals surface area contributed by atoms with E-state index in [2.05, 4.69) is 35.9 Å². The first-order chi connectivity index (χ1) is 7.74. The number of hydrogen-bond donors (Lipinski definition) is 1. The van der Waals surface area contributed by atoms with Crippen LogP contribution < -0.4 is 0 Å². The Balaban J connectivity index is 1.75. The maximum atomic E-state index is 4.51. The van der Waals surface area contributed by atoms with E-state index in [-0.39, 0.29) is 0 Å². The van der Waals surface area contributed by atoms with Crippen LogP contribution in [0.1, 0.15) is 36.2 Å². The first-order valence-electron chi connectivity index (χ1n) is 6.15. The summed E-state index contributed by atoms with van der Waals surface area (Å²) in [6.07, 6.45) is 4.02. The normalized spacial score (nSPS) is 27.8. The third-order valence-corrected chi connectivity index (χ3v) is 5.90. The summed E-state index contributed by atoms with van der Waals surface area (Å²) in [6, 6.07) is 2.93. The molecular formula is C13H19NS2. The van der Waals surface area contributed by atoms with E-state index in [9.17, 15) is 0 Å². The molecule has 2 aliphatic rings. The number of fused-ring (bicyclic) bond motifs is 1. The lowest BCUT2D eigenvalue weighted by atomic mass is 9.99. The van der Waals surface area contributed by atoms with Gasteiger partial charge in [-0.25, -0.2) is 0 Å². The van der Waals surface area contributed by atoms with Gasteiger partial charge in [-0.05, 0) is 54.4 Å². The van der Waals surface area contributed by atoms with Crippen LogP contribution in [0.4, 0.5) is 0 Å². The summed E-state index contributed by atoms with van der Waals surface area (Å²) in [4.78, 5) is 4.28. The zero-order chi connectivity index (χ0) is 11.2. The summed E-state index contributed by atoms with van der Waals surface area (Å²) in [5.74, 6) is 1.06. The second-order valence-electron chi connectivity index (χ2n) is 5.35. The van der Waals surface area contributed by atoms with Gasteiger partial charge in [0.15, 0.2) is 0 Å². The van der Waals surface area contributed by atoms with Crippen molar-refractivity contribution in [2.45, 2.75) is 32.2 Å². The Morgan fingerprint density at radius 1 is 1.56 bits per heavy atom. The predicted octanol–water partition coefficient (Wildman–Crippen LogP) is 3.38. The van der Waals surface area contributed by atoms with Gasteiger partial charge in [-0.2, -0.15) is 12.6 Å². The van der Waals surface area contributed by atoms with Crippen molar-refractivity contribution in [3.8, 4) is 0 Å². The van der Waals surface area contributed by atoms with Crippen molar-refractivity contribution in [3.05, 3.63) is 21.9 Å². The van der Waals surface area contributed by atoms with Gasteiger partial charge in [0, 0.05) is 24.0 Å². The van der Waals surface area contributed by atoms with Crippen LogP contribution in [0.5, 0.6) is 0 Å². The second-order valence-corrected chi connectivity index (χ2v) is 6.67. The molecule has 1 aliphatic carbocycles. The molecule has 1 saturated carbocycles. The molecule has 0 bridgehead atoms. The van der Waals surface area contributed by atoms with Gasteiger partial charge < -0.3 is 0 Å². The number of thiol groups is 1. The highest BCUT2D eigenvalue weighted by Gasteiger charge is 2.43. The first kappa shape index (κ1) is 11.1. The van der Waals surface area contributed by atoms with E-state index in [1.807, 2.05) is 11.3 Å². The summed E-state index contributed by atoms with van der Waals surface area (Å²) in [5.41, 5.74) is 2.14. The average molecular weight is 253 g/mol. The van der Waals surface area contributed by atoms with Crippen LogP contribution in [-0.2, 0) is 6.42 Å². The Morgan fingerprint density at radius 2 is 2.38 bits per heavy atom. The lowest BCUT2D eigenvalue weighted by molar-refractivity contribution is 0.167. The molecule has 1 aromatic heterocycles. The van der Waals surface area contributed by atoms with Crippen LogP contribution in [0.25, 0.3) is 0 Å². The maximum absolute atomic E-state index is 4.51. The van der Waals surface area contributed by atoms with Crippen LogP contribution in [0, 0.1) is 5.41 Å². The predicted molar refractivity (Wildman–Crippen MR) is 73.5 cm³/mol. The van der Waals surface area contributed by atoms with Crippen LogP contribution in [0.15, 0.2) is 11.4 Å². The molecule has 1 atom stereocenters. The summed E-state index contributed by atoms with van der Waals surface area (Å²) in [6.45, 7) is 4.86. The zero-order valence-electron chi connectivity index (χ0n) is 9.78. The Bertz CT molecular complexity index is 381. The molecule has 1 aromatic rings. The van der Waals surface area contributed by atoms with E-state index in [1.165, 1.54) is 32.4 Å². The number of nitrogens with zero attached hydrogens (tertiary/aromatic N) is 1. The summed E-state index contributed by atoms with van der Waals surface area (Å²) in [7, 11) is 0. The highest BCUT2D eigenvalue weighted by molar-refractivity contribution is 7.80. The topological polar surface area (TPSA) is 3.24 Å². The van der Waals surface area contributed by atoms with Crippen molar-refractivity contribution < 1.29 is 0 Å². The molecule has 3 heteroatoms. The summed E-state index contributed by atoms with van der Waals surface area (Å²) in [5, 5.41) is 2.25. The number of thiophene rings is 1. The molecule has 16 heavy (non-hydrogen) atoms. The highest BCUT2D eigenvalue weighted by atomic mass is 32.1. The molecule has 3 rings (SSSR count). The fourth-order valence-corrected chi connectivity index (χ4v) is 4.13. The summed E-state index contributed by atoms with van der Waals surface area (Å²) >= 11 is 6.44. The van der Waals surface area contributed by atoms with E-state index in [0.717, 1.165) is 5.75 Å². The molecule has 0 amide bonds. The molecular weight excluding hydrogens is 234 g/mol. The van der Waals surface area contributed by atoms with Crippen molar-refractivity contribution >= 4 is 24.0 Å². The van der Waals surface area contributed by atoms with Gasteiger partial charge in [0.25, 0.3) is 0 Å². The van der Waals surface area contributed by atoms with Crippen molar-refractivity contribution in [2.75, 3.05) is 18.8 Å².